The highest BCUT2D eigenvalue weighted by molar-refractivity contribution is 5.85. The summed E-state index contributed by atoms with van der Waals surface area (Å²) in [4.78, 5) is 13.8. The molecule has 0 aliphatic heterocycles. The average molecular weight is 219 g/mol. The minimum Gasteiger partial charge on any atom is -0.298 e. The summed E-state index contributed by atoms with van der Waals surface area (Å²) in [7, 11) is 2.01. The van der Waals surface area contributed by atoms with Gasteiger partial charge in [-0.3, -0.25) is 9.69 Å². The number of nitrogens with zero attached hydrogens (tertiary/aromatic N) is 1. The lowest BCUT2D eigenvalue weighted by Gasteiger charge is -2.36. The van der Waals surface area contributed by atoms with E-state index in [4.69, 9.17) is 0 Å². The molecular formula is C14H21NO. The van der Waals surface area contributed by atoms with Gasteiger partial charge >= 0.3 is 0 Å². The average Bonchev–Trinajstić information content (AvgIpc) is 2.28. The van der Waals surface area contributed by atoms with Gasteiger partial charge in [0.2, 0.25) is 0 Å². The number of benzene rings is 1. The number of Topliss-reactive ketones (excluding diaryl/α,β-unsaturated/α-hetero) is 1. The van der Waals surface area contributed by atoms with Crippen molar-refractivity contribution in [2.24, 2.45) is 0 Å². The van der Waals surface area contributed by atoms with E-state index in [1.165, 1.54) is 5.56 Å². The van der Waals surface area contributed by atoms with Gasteiger partial charge in [-0.25, -0.2) is 0 Å². The lowest BCUT2D eigenvalue weighted by atomic mass is 9.92. The summed E-state index contributed by atoms with van der Waals surface area (Å²) in [5.41, 5.74) is 0.890. The Balaban J connectivity index is 2.78. The number of hydrogen-bond donors (Lipinski definition) is 0. The highest BCUT2D eigenvalue weighted by Crippen LogP contribution is 2.21. The molecule has 1 unspecified atom stereocenters. The molecule has 1 rings (SSSR count). The van der Waals surface area contributed by atoms with E-state index in [2.05, 4.69) is 24.0 Å². The van der Waals surface area contributed by atoms with E-state index < -0.39 is 0 Å². The normalized spacial score (nSPS) is 14.8. The van der Waals surface area contributed by atoms with Crippen molar-refractivity contribution in [2.75, 3.05) is 7.05 Å². The second kappa shape index (κ2) is 5.26. The molecule has 0 spiro atoms. The quantitative estimate of drug-likeness (QED) is 0.759. The maximum Gasteiger partial charge on any atom is 0.149 e. The molecule has 0 aromatic heterocycles. The summed E-state index contributed by atoms with van der Waals surface area (Å²) >= 11 is 0. The third-order valence-electron chi connectivity index (χ3n) is 3.55. The molecule has 0 saturated heterocycles. The van der Waals surface area contributed by atoms with Gasteiger partial charge in [-0.2, -0.15) is 0 Å². The Morgan fingerprint density at radius 3 is 2.31 bits per heavy atom. The lowest BCUT2D eigenvalue weighted by molar-refractivity contribution is -0.127. The molecule has 0 saturated carbocycles. The van der Waals surface area contributed by atoms with Crippen LogP contribution in [0.15, 0.2) is 30.3 Å². The van der Waals surface area contributed by atoms with Crippen LogP contribution >= 0.6 is 0 Å². The molecule has 16 heavy (non-hydrogen) atoms. The monoisotopic (exact) mass is 219 g/mol. The Morgan fingerprint density at radius 2 is 1.88 bits per heavy atom. The molecule has 0 radical (unpaired) electrons. The van der Waals surface area contributed by atoms with Crippen LogP contribution in [0.3, 0.4) is 0 Å². The molecule has 1 aromatic carbocycles. The van der Waals surface area contributed by atoms with Gasteiger partial charge in [0.1, 0.15) is 5.78 Å². The van der Waals surface area contributed by atoms with Crippen LogP contribution in [0.5, 0.6) is 0 Å². The van der Waals surface area contributed by atoms with Crippen LogP contribution in [0.25, 0.3) is 0 Å². The van der Waals surface area contributed by atoms with Gasteiger partial charge < -0.3 is 0 Å². The summed E-state index contributed by atoms with van der Waals surface area (Å²) in [6, 6.07) is 10.2. The summed E-state index contributed by atoms with van der Waals surface area (Å²) in [5.74, 6) is 0.230. The van der Waals surface area contributed by atoms with E-state index in [1.54, 1.807) is 6.92 Å². The molecule has 0 aliphatic rings. The molecule has 0 heterocycles. The largest absolute Gasteiger partial charge is 0.298 e. The summed E-state index contributed by atoms with van der Waals surface area (Å²) in [5, 5.41) is 0. The highest BCUT2D eigenvalue weighted by atomic mass is 16.1. The van der Waals surface area contributed by atoms with E-state index in [1.807, 2.05) is 32.2 Å². The van der Waals surface area contributed by atoms with E-state index in [-0.39, 0.29) is 11.3 Å². The van der Waals surface area contributed by atoms with Crippen molar-refractivity contribution in [1.82, 2.24) is 4.90 Å². The first kappa shape index (κ1) is 12.9. The SMILES string of the molecule is CCC(C)(C(C)=O)N(C)Cc1ccccc1. The van der Waals surface area contributed by atoms with Crippen LogP contribution in [-0.4, -0.2) is 23.3 Å². The fraction of sp³-hybridized carbons (Fsp3) is 0.500. The van der Waals surface area contributed by atoms with Crippen molar-refractivity contribution in [1.29, 1.82) is 0 Å². The van der Waals surface area contributed by atoms with Crippen LogP contribution in [0.4, 0.5) is 0 Å². The second-order valence-corrected chi connectivity index (χ2v) is 4.53. The molecule has 0 bridgehead atoms. The molecule has 1 aromatic rings. The van der Waals surface area contributed by atoms with Crippen molar-refractivity contribution >= 4 is 5.78 Å². The molecule has 2 heteroatoms. The number of likely N-dealkylation sites (N-methyl/N-ethyl adjacent to an activating group) is 1. The van der Waals surface area contributed by atoms with Crippen LogP contribution in [-0.2, 0) is 11.3 Å². The smallest absolute Gasteiger partial charge is 0.149 e. The van der Waals surface area contributed by atoms with Crippen LogP contribution < -0.4 is 0 Å². The van der Waals surface area contributed by atoms with Crippen molar-refractivity contribution in [3.8, 4) is 0 Å². The van der Waals surface area contributed by atoms with Crippen LogP contribution in [0.2, 0.25) is 0 Å². The minimum atomic E-state index is -0.351. The van der Waals surface area contributed by atoms with Gasteiger partial charge in [-0.05, 0) is 32.9 Å². The predicted molar refractivity (Wildman–Crippen MR) is 67.3 cm³/mol. The highest BCUT2D eigenvalue weighted by Gasteiger charge is 2.32. The van der Waals surface area contributed by atoms with Crippen molar-refractivity contribution in [3.05, 3.63) is 35.9 Å². The third-order valence-corrected chi connectivity index (χ3v) is 3.55. The Morgan fingerprint density at radius 1 is 1.31 bits per heavy atom. The summed E-state index contributed by atoms with van der Waals surface area (Å²) in [6.45, 7) is 6.55. The fourth-order valence-electron chi connectivity index (χ4n) is 1.82. The zero-order valence-corrected chi connectivity index (χ0v) is 10.7. The van der Waals surface area contributed by atoms with Gasteiger partial charge in [0.15, 0.2) is 0 Å². The second-order valence-electron chi connectivity index (χ2n) is 4.53. The van der Waals surface area contributed by atoms with Gasteiger partial charge in [0.25, 0.3) is 0 Å². The first-order valence-corrected chi connectivity index (χ1v) is 5.77. The minimum absolute atomic E-state index is 0.230. The van der Waals surface area contributed by atoms with Gasteiger partial charge in [-0.15, -0.1) is 0 Å². The van der Waals surface area contributed by atoms with Crippen molar-refractivity contribution < 1.29 is 4.79 Å². The molecule has 0 aliphatic carbocycles. The maximum atomic E-state index is 11.7. The standard InChI is InChI=1S/C14H21NO/c1-5-14(3,12(2)16)15(4)11-13-9-7-6-8-10-13/h6-10H,5,11H2,1-4H3. The summed E-state index contributed by atoms with van der Waals surface area (Å²) in [6.07, 6.45) is 0.839. The summed E-state index contributed by atoms with van der Waals surface area (Å²) < 4.78 is 0. The van der Waals surface area contributed by atoms with E-state index in [0.717, 1.165) is 13.0 Å². The third kappa shape index (κ3) is 2.70. The van der Waals surface area contributed by atoms with E-state index >= 15 is 0 Å². The molecule has 0 fully saturated rings. The Bertz CT molecular complexity index is 347. The molecular weight excluding hydrogens is 198 g/mol. The molecule has 2 nitrogen and oxygen atoms in total. The fourth-order valence-corrected chi connectivity index (χ4v) is 1.82. The number of carbonyl (C=O) groups excluding carboxylic acids is 1. The van der Waals surface area contributed by atoms with Gasteiger partial charge in [0, 0.05) is 6.54 Å². The molecule has 0 N–H and O–H groups in total. The van der Waals surface area contributed by atoms with Crippen molar-refractivity contribution in [2.45, 2.75) is 39.3 Å². The maximum absolute atomic E-state index is 11.7. The zero-order chi connectivity index (χ0) is 12.2. The predicted octanol–water partition coefficient (Wildman–Crippen LogP) is 2.88. The first-order chi connectivity index (χ1) is 7.50. The lowest BCUT2D eigenvalue weighted by Crippen LogP contribution is -2.48. The number of ketones is 1. The van der Waals surface area contributed by atoms with Gasteiger partial charge in [0.05, 0.1) is 5.54 Å². The first-order valence-electron chi connectivity index (χ1n) is 5.77. The number of rotatable bonds is 5. The van der Waals surface area contributed by atoms with Crippen LogP contribution in [0, 0.1) is 0 Å². The van der Waals surface area contributed by atoms with Gasteiger partial charge in [-0.1, -0.05) is 37.3 Å². The number of carbonyl (C=O) groups is 1. The van der Waals surface area contributed by atoms with E-state index in [9.17, 15) is 4.79 Å². The van der Waals surface area contributed by atoms with Crippen LogP contribution in [0.1, 0.15) is 32.8 Å². The van der Waals surface area contributed by atoms with Crippen molar-refractivity contribution in [3.63, 3.8) is 0 Å². The Kier molecular flexibility index (Phi) is 4.25. The Hall–Kier alpha value is -1.15. The molecule has 1 atom stereocenters. The molecule has 0 amide bonds. The molecule has 88 valence electrons. The Labute approximate surface area is 98.3 Å². The zero-order valence-electron chi connectivity index (χ0n) is 10.7. The van der Waals surface area contributed by atoms with E-state index in [0.29, 0.717) is 0 Å². The topological polar surface area (TPSA) is 20.3 Å². The number of hydrogen-bond acceptors (Lipinski definition) is 2.